The minimum Gasteiger partial charge on any atom is -0.455 e. The number of hydrogen-bond donors (Lipinski definition) is 2. The Kier molecular flexibility index (Phi) is 11.4. The first kappa shape index (κ1) is 40.8. The molecule has 0 spiro atoms. The lowest BCUT2D eigenvalue weighted by Crippen LogP contribution is -2.52. The summed E-state index contributed by atoms with van der Waals surface area (Å²) in [7, 11) is 0. The zero-order chi connectivity index (χ0) is 39.8. The molecule has 4 N–H and O–H groups in total. The van der Waals surface area contributed by atoms with Crippen LogP contribution in [0.4, 0.5) is 26.3 Å². The first-order chi connectivity index (χ1) is 24.5. The van der Waals surface area contributed by atoms with Crippen molar-refractivity contribution >= 4 is 35.0 Å². The monoisotopic (exact) mass is 794 g/mol. The fourth-order valence-corrected chi connectivity index (χ4v) is 6.31. The molecule has 6 unspecified atom stereocenters. The Bertz CT molecular complexity index is 1830. The van der Waals surface area contributed by atoms with Crippen molar-refractivity contribution in [2.24, 2.45) is 11.5 Å². The van der Waals surface area contributed by atoms with Crippen LogP contribution in [0.3, 0.4) is 0 Å². The van der Waals surface area contributed by atoms with Gasteiger partial charge in [-0.3, -0.25) is 29.8 Å². The molecule has 284 valence electrons. The summed E-state index contributed by atoms with van der Waals surface area (Å²) >= 11 is 13.1. The van der Waals surface area contributed by atoms with Crippen LogP contribution < -0.4 is 11.5 Å². The molecule has 0 bridgehead atoms. The lowest BCUT2D eigenvalue weighted by Gasteiger charge is -2.37. The molecule has 2 amide bonds. The van der Waals surface area contributed by atoms with Crippen LogP contribution in [0.2, 0.25) is 0 Å². The molecule has 2 aliphatic rings. The highest BCUT2D eigenvalue weighted by Crippen LogP contribution is 2.50. The lowest BCUT2D eigenvalue weighted by molar-refractivity contribution is -0.576. The number of nitrogens with zero attached hydrogens (tertiary/aromatic N) is 2. The molecule has 0 saturated heterocycles. The van der Waals surface area contributed by atoms with Crippen LogP contribution in [-0.4, -0.2) is 46.1 Å². The zero-order valence-electron chi connectivity index (χ0n) is 27.0. The van der Waals surface area contributed by atoms with E-state index in [-0.39, 0.29) is 0 Å². The Balaban J connectivity index is 1.95. The van der Waals surface area contributed by atoms with E-state index in [1.165, 1.54) is 0 Å². The molecular weight excluding hydrogens is 769 g/mol. The highest BCUT2D eigenvalue weighted by molar-refractivity contribution is 6.31. The van der Waals surface area contributed by atoms with Crippen molar-refractivity contribution < 1.29 is 60.0 Å². The topological polar surface area (TPSA) is 200 Å². The van der Waals surface area contributed by atoms with Gasteiger partial charge in [-0.05, 0) is 38.1 Å². The summed E-state index contributed by atoms with van der Waals surface area (Å²) in [5.74, 6) is -3.68. The van der Waals surface area contributed by atoms with E-state index in [4.69, 9.17) is 48.9 Å². The number of halogens is 8. The van der Waals surface area contributed by atoms with Gasteiger partial charge in [0.05, 0.1) is 21.2 Å². The standard InChI is InChI=1S/C32H26Cl2F6N4O9/c1-15(27(41)45)51-25-23(33)21(11-13-29(25,43(47)48)17-7-3-5-9-19(17)31(35,36)37)53-22-12-14-30(44(49)50,26(24(22)34)52-16(2)28(42)46)18-8-4-6-10-20(18)32(38,39)40/h3-16,25-26H,1-2H3,(H2,41,45)(H2,42,46). The summed E-state index contributed by atoms with van der Waals surface area (Å²) in [5.41, 5.74) is -0.268. The number of primary amides is 2. The molecule has 21 heteroatoms. The molecule has 0 aromatic heterocycles. The number of benzene rings is 2. The molecule has 0 saturated carbocycles. The van der Waals surface area contributed by atoms with Crippen molar-refractivity contribution in [3.05, 3.63) is 137 Å². The van der Waals surface area contributed by atoms with E-state index < -0.39 is 113 Å². The van der Waals surface area contributed by atoms with Crippen LogP contribution in [0, 0.1) is 20.2 Å². The highest BCUT2D eigenvalue weighted by atomic mass is 35.5. The number of nitro groups is 2. The van der Waals surface area contributed by atoms with Gasteiger partial charge in [-0.15, -0.1) is 0 Å². The van der Waals surface area contributed by atoms with E-state index >= 15 is 0 Å². The zero-order valence-corrected chi connectivity index (χ0v) is 28.5. The molecular formula is C32H26Cl2F6N4O9. The van der Waals surface area contributed by atoms with E-state index in [0.717, 1.165) is 62.4 Å². The molecule has 53 heavy (non-hydrogen) atoms. The van der Waals surface area contributed by atoms with Crippen molar-refractivity contribution in [2.45, 2.75) is 61.7 Å². The third-order valence-electron chi connectivity index (χ3n) is 8.34. The fraction of sp³-hybridized carbons (Fsp3) is 0.312. The van der Waals surface area contributed by atoms with Crippen molar-refractivity contribution in [2.75, 3.05) is 0 Å². The number of carbonyl (C=O) groups excluding carboxylic acids is 2. The number of ether oxygens (including phenoxy) is 3. The third-order valence-corrected chi connectivity index (χ3v) is 9.11. The maximum Gasteiger partial charge on any atom is 0.416 e. The molecule has 4 rings (SSSR count). The maximum atomic E-state index is 14.2. The summed E-state index contributed by atoms with van der Waals surface area (Å²) in [5, 5.41) is 23.9. The Morgan fingerprint density at radius 1 is 0.717 bits per heavy atom. The maximum absolute atomic E-state index is 14.2. The average Bonchev–Trinajstić information content (AvgIpc) is 3.07. The lowest BCUT2D eigenvalue weighted by atomic mass is 9.78. The van der Waals surface area contributed by atoms with Crippen molar-refractivity contribution in [1.82, 2.24) is 0 Å². The predicted molar refractivity (Wildman–Crippen MR) is 172 cm³/mol. The van der Waals surface area contributed by atoms with Gasteiger partial charge in [-0.1, -0.05) is 59.6 Å². The molecule has 2 aliphatic carbocycles. The largest absolute Gasteiger partial charge is 0.455 e. The summed E-state index contributed by atoms with van der Waals surface area (Å²) in [6, 6.07) is 6.80. The van der Waals surface area contributed by atoms with Gasteiger partial charge >= 0.3 is 12.4 Å². The minimum absolute atomic E-state index is 0.565. The number of allylic oxidation sites excluding steroid dienone is 2. The Hall–Kier alpha value is -4.98. The molecule has 0 heterocycles. The van der Waals surface area contributed by atoms with E-state index in [0.29, 0.717) is 24.3 Å². The second kappa shape index (κ2) is 14.8. The van der Waals surface area contributed by atoms with Gasteiger partial charge in [0, 0.05) is 33.1 Å². The van der Waals surface area contributed by atoms with Gasteiger partial charge in [-0.25, -0.2) is 0 Å². The van der Waals surface area contributed by atoms with Crippen LogP contribution in [0.25, 0.3) is 0 Å². The van der Waals surface area contributed by atoms with Gasteiger partial charge in [0.2, 0.25) is 11.8 Å². The number of carbonyl (C=O) groups is 2. The normalized spacial score (nSPS) is 24.5. The van der Waals surface area contributed by atoms with Crippen LogP contribution in [0.5, 0.6) is 0 Å². The van der Waals surface area contributed by atoms with Crippen LogP contribution >= 0.6 is 23.2 Å². The molecule has 2 aromatic carbocycles. The highest BCUT2D eigenvalue weighted by Gasteiger charge is 2.61. The number of rotatable bonds is 12. The number of amides is 2. The van der Waals surface area contributed by atoms with E-state index in [1.54, 1.807) is 0 Å². The Labute approximate surface area is 304 Å². The van der Waals surface area contributed by atoms with Crippen LogP contribution in [-0.2, 0) is 47.2 Å². The Morgan fingerprint density at radius 3 is 1.32 bits per heavy atom. The van der Waals surface area contributed by atoms with E-state index in [1.807, 2.05) is 0 Å². The summed E-state index contributed by atoms with van der Waals surface area (Å²) in [4.78, 5) is 47.3. The van der Waals surface area contributed by atoms with E-state index in [2.05, 4.69) is 0 Å². The van der Waals surface area contributed by atoms with Crippen molar-refractivity contribution in [3.8, 4) is 0 Å². The SMILES string of the molecule is CC(OC1C(Cl)=C(OC2=C(Cl)C(OC(C)C(N)=O)C(c3ccccc3C(F)(F)F)([N+](=O)[O-])C=C2)C=CC1(c1ccccc1C(F)(F)F)[N+](=O)[O-])C(N)=O. The molecule has 13 nitrogen and oxygen atoms in total. The molecule has 0 fully saturated rings. The summed E-state index contributed by atoms with van der Waals surface area (Å²) in [6.07, 6.45) is -15.5. The molecule has 6 atom stereocenters. The minimum atomic E-state index is -5.14. The first-order valence-corrected chi connectivity index (χ1v) is 15.6. The summed E-state index contributed by atoms with van der Waals surface area (Å²) < 4.78 is 102. The number of nitrogens with two attached hydrogens (primary N) is 2. The van der Waals surface area contributed by atoms with Crippen molar-refractivity contribution in [3.63, 3.8) is 0 Å². The fourth-order valence-electron chi connectivity index (χ4n) is 5.67. The quantitative estimate of drug-likeness (QED) is 0.148. The first-order valence-electron chi connectivity index (χ1n) is 14.9. The van der Waals surface area contributed by atoms with Gasteiger partial charge in [0.25, 0.3) is 11.1 Å². The van der Waals surface area contributed by atoms with Gasteiger partial charge < -0.3 is 25.7 Å². The number of alkyl halides is 6. The number of hydrogen-bond acceptors (Lipinski definition) is 9. The second-order valence-corrected chi connectivity index (χ2v) is 12.4. The molecule has 0 radical (unpaired) electrons. The Morgan fingerprint density at radius 2 is 1.04 bits per heavy atom. The smallest absolute Gasteiger partial charge is 0.416 e. The molecule has 2 aromatic rings. The van der Waals surface area contributed by atoms with Crippen LogP contribution in [0.15, 0.2) is 94.4 Å². The van der Waals surface area contributed by atoms with Gasteiger partial charge in [0.15, 0.2) is 12.2 Å². The van der Waals surface area contributed by atoms with E-state index in [9.17, 15) is 56.2 Å². The molecule has 0 aliphatic heterocycles. The van der Waals surface area contributed by atoms with Gasteiger partial charge in [-0.2, -0.15) is 26.3 Å². The van der Waals surface area contributed by atoms with Crippen LogP contribution in [0.1, 0.15) is 36.1 Å². The predicted octanol–water partition coefficient (Wildman–Crippen LogP) is 5.94. The summed E-state index contributed by atoms with van der Waals surface area (Å²) in [6.45, 7) is 2.07. The second-order valence-electron chi connectivity index (χ2n) is 11.6. The third kappa shape index (κ3) is 7.46. The average molecular weight is 795 g/mol. The van der Waals surface area contributed by atoms with Crippen molar-refractivity contribution in [1.29, 1.82) is 0 Å². The van der Waals surface area contributed by atoms with Gasteiger partial charge in [0.1, 0.15) is 23.7 Å².